The number of hydrogen-bond donors (Lipinski definition) is 0. The third-order valence-electron chi connectivity index (χ3n) is 5.04. The lowest BCUT2D eigenvalue weighted by molar-refractivity contribution is 0.0539. The highest BCUT2D eigenvalue weighted by molar-refractivity contribution is 5.97. The lowest BCUT2D eigenvalue weighted by atomic mass is 9.78. The van der Waals surface area contributed by atoms with Crippen molar-refractivity contribution in [3.05, 3.63) is 35.4 Å². The molecule has 1 heterocycles. The average Bonchev–Trinajstić information content (AvgIpc) is 2.55. The number of carbonyl (C=O) groups is 1. The Balaban J connectivity index is 1.66. The monoisotopic (exact) mass is 282 g/mol. The Kier molecular flexibility index (Phi) is 4.36. The molecule has 110 valence electrons. The summed E-state index contributed by atoms with van der Waals surface area (Å²) >= 11 is 0. The Morgan fingerprint density at radius 3 is 2.62 bits per heavy atom. The second-order valence-corrected chi connectivity index (χ2v) is 6.34. The molecule has 21 heavy (non-hydrogen) atoms. The first-order valence-electron chi connectivity index (χ1n) is 8.05. The molecule has 0 N–H and O–H groups in total. The summed E-state index contributed by atoms with van der Waals surface area (Å²) in [6.07, 6.45) is 7.83. The molecule has 2 atom stereocenters. The van der Waals surface area contributed by atoms with Crippen LogP contribution in [0.25, 0.3) is 0 Å². The van der Waals surface area contributed by atoms with Crippen molar-refractivity contribution in [3.63, 3.8) is 0 Å². The molecule has 0 bridgehead atoms. The summed E-state index contributed by atoms with van der Waals surface area (Å²) in [4.78, 5) is 14.9. The third kappa shape index (κ3) is 3.16. The van der Waals surface area contributed by atoms with Crippen molar-refractivity contribution in [1.29, 1.82) is 5.26 Å². The van der Waals surface area contributed by atoms with Crippen molar-refractivity contribution in [2.24, 2.45) is 5.92 Å². The normalized spacial score (nSPS) is 25.9. The molecule has 3 rings (SSSR count). The molecule has 1 aromatic rings. The lowest BCUT2D eigenvalue weighted by Crippen LogP contribution is -2.48. The summed E-state index contributed by atoms with van der Waals surface area (Å²) in [5, 5.41) is 8.81. The fraction of sp³-hybridized carbons (Fsp3) is 0.556. The van der Waals surface area contributed by atoms with Crippen molar-refractivity contribution < 1.29 is 4.79 Å². The van der Waals surface area contributed by atoms with Crippen LogP contribution in [0.4, 0.5) is 0 Å². The summed E-state index contributed by atoms with van der Waals surface area (Å²) in [5.41, 5.74) is 1.34. The number of hydrogen-bond acceptors (Lipinski definition) is 3. The zero-order chi connectivity index (χ0) is 14.7. The van der Waals surface area contributed by atoms with Crippen LogP contribution in [0.2, 0.25) is 0 Å². The number of likely N-dealkylation sites (tertiary alicyclic amines) is 1. The van der Waals surface area contributed by atoms with Gasteiger partial charge in [0.05, 0.1) is 18.2 Å². The maximum Gasteiger partial charge on any atom is 0.176 e. The maximum absolute atomic E-state index is 12.5. The number of ketones is 1. The van der Waals surface area contributed by atoms with Crippen LogP contribution in [0.15, 0.2) is 24.3 Å². The Morgan fingerprint density at radius 1 is 1.14 bits per heavy atom. The predicted octanol–water partition coefficient (Wildman–Crippen LogP) is 3.40. The van der Waals surface area contributed by atoms with Gasteiger partial charge in [0.1, 0.15) is 0 Å². The van der Waals surface area contributed by atoms with Crippen LogP contribution in [0.3, 0.4) is 0 Å². The van der Waals surface area contributed by atoms with Gasteiger partial charge in [0.2, 0.25) is 0 Å². The van der Waals surface area contributed by atoms with Crippen LogP contribution >= 0.6 is 0 Å². The molecule has 1 aliphatic heterocycles. The number of rotatable bonds is 3. The van der Waals surface area contributed by atoms with E-state index in [1.165, 1.54) is 38.5 Å². The summed E-state index contributed by atoms with van der Waals surface area (Å²) in [6.45, 7) is 1.59. The van der Waals surface area contributed by atoms with Crippen LogP contribution < -0.4 is 0 Å². The van der Waals surface area contributed by atoms with Gasteiger partial charge in [0, 0.05) is 11.6 Å². The molecule has 0 unspecified atom stereocenters. The summed E-state index contributed by atoms with van der Waals surface area (Å²) in [6, 6.07) is 9.73. The van der Waals surface area contributed by atoms with Gasteiger partial charge in [-0.05, 0) is 50.3 Å². The van der Waals surface area contributed by atoms with Crippen LogP contribution in [-0.2, 0) is 0 Å². The molecule has 3 heteroatoms. The zero-order valence-corrected chi connectivity index (χ0v) is 12.4. The molecular weight excluding hydrogens is 260 g/mol. The summed E-state index contributed by atoms with van der Waals surface area (Å²) in [5.74, 6) is 0.993. The number of Topliss-reactive ketones (excluding diaryl/α,β-unsaturated/α-hetero) is 1. The second-order valence-electron chi connectivity index (χ2n) is 6.34. The van der Waals surface area contributed by atoms with Gasteiger partial charge in [0.15, 0.2) is 5.78 Å². The van der Waals surface area contributed by atoms with Crippen molar-refractivity contribution in [2.45, 2.75) is 44.6 Å². The molecule has 1 aliphatic carbocycles. The molecule has 0 radical (unpaired) electrons. The van der Waals surface area contributed by atoms with E-state index in [9.17, 15) is 4.79 Å². The summed E-state index contributed by atoms with van der Waals surface area (Å²) in [7, 11) is 0. The lowest BCUT2D eigenvalue weighted by Gasteiger charge is -2.43. The molecule has 2 fully saturated rings. The second kappa shape index (κ2) is 6.41. The van der Waals surface area contributed by atoms with E-state index in [1.54, 1.807) is 24.3 Å². The predicted molar refractivity (Wildman–Crippen MR) is 82.0 cm³/mol. The van der Waals surface area contributed by atoms with Gasteiger partial charge in [-0.25, -0.2) is 0 Å². The van der Waals surface area contributed by atoms with Crippen molar-refractivity contribution in [2.75, 3.05) is 13.1 Å². The number of benzene rings is 1. The fourth-order valence-corrected chi connectivity index (χ4v) is 3.93. The minimum Gasteiger partial charge on any atom is -0.293 e. The first-order valence-corrected chi connectivity index (χ1v) is 8.05. The number of piperidine rings is 1. The van der Waals surface area contributed by atoms with Gasteiger partial charge in [-0.15, -0.1) is 0 Å². The van der Waals surface area contributed by atoms with E-state index in [0.717, 1.165) is 18.0 Å². The summed E-state index contributed by atoms with van der Waals surface area (Å²) < 4.78 is 0. The Labute approximate surface area is 126 Å². The number of nitrogens with zero attached hydrogens (tertiary/aromatic N) is 2. The van der Waals surface area contributed by atoms with Gasteiger partial charge < -0.3 is 0 Å². The van der Waals surface area contributed by atoms with Crippen LogP contribution in [0.5, 0.6) is 0 Å². The van der Waals surface area contributed by atoms with E-state index < -0.39 is 0 Å². The van der Waals surface area contributed by atoms with E-state index in [0.29, 0.717) is 18.2 Å². The number of nitriles is 1. The van der Waals surface area contributed by atoms with E-state index in [4.69, 9.17) is 5.26 Å². The molecule has 2 aliphatic rings. The molecule has 0 amide bonds. The first kappa shape index (κ1) is 14.3. The van der Waals surface area contributed by atoms with Gasteiger partial charge in [0.25, 0.3) is 0 Å². The fourth-order valence-electron chi connectivity index (χ4n) is 3.93. The highest BCUT2D eigenvalue weighted by Gasteiger charge is 2.33. The number of carbonyl (C=O) groups excluding carboxylic acids is 1. The average molecular weight is 282 g/mol. The Morgan fingerprint density at radius 2 is 1.86 bits per heavy atom. The quantitative estimate of drug-likeness (QED) is 0.798. The maximum atomic E-state index is 12.5. The van der Waals surface area contributed by atoms with Gasteiger partial charge >= 0.3 is 0 Å². The van der Waals surface area contributed by atoms with E-state index in [2.05, 4.69) is 11.0 Å². The van der Waals surface area contributed by atoms with E-state index >= 15 is 0 Å². The number of fused-ring (bicyclic) bond motifs is 1. The van der Waals surface area contributed by atoms with Crippen LogP contribution in [0, 0.1) is 17.2 Å². The minimum absolute atomic E-state index is 0.186. The van der Waals surface area contributed by atoms with Crippen molar-refractivity contribution in [3.8, 4) is 6.07 Å². The van der Waals surface area contributed by atoms with E-state index in [1.807, 2.05) is 0 Å². The Hall–Kier alpha value is -1.66. The van der Waals surface area contributed by atoms with E-state index in [-0.39, 0.29) is 5.78 Å². The molecule has 3 nitrogen and oxygen atoms in total. The SMILES string of the molecule is N#Cc1ccc(C(=O)CN2CCC[C@H]3CCCC[C@H]32)cc1. The molecule has 1 saturated heterocycles. The Bertz CT molecular complexity index is 541. The standard InChI is InChI=1S/C18H22N2O/c19-12-14-7-9-16(10-8-14)18(21)13-20-11-3-5-15-4-1-2-6-17(15)20/h7-10,15,17H,1-6,11,13H2/t15-,17-/m1/s1. The largest absolute Gasteiger partial charge is 0.293 e. The van der Waals surface area contributed by atoms with Gasteiger partial charge in [-0.3, -0.25) is 9.69 Å². The molecule has 0 aromatic heterocycles. The third-order valence-corrected chi connectivity index (χ3v) is 5.04. The topological polar surface area (TPSA) is 44.1 Å². The van der Waals surface area contributed by atoms with Gasteiger partial charge in [-0.1, -0.05) is 25.0 Å². The van der Waals surface area contributed by atoms with Crippen molar-refractivity contribution in [1.82, 2.24) is 4.90 Å². The molecule has 1 aromatic carbocycles. The van der Waals surface area contributed by atoms with Crippen LogP contribution in [0.1, 0.15) is 54.4 Å². The first-order chi connectivity index (χ1) is 10.3. The zero-order valence-electron chi connectivity index (χ0n) is 12.4. The highest BCUT2D eigenvalue weighted by Crippen LogP contribution is 2.35. The molecular formula is C18H22N2O. The smallest absolute Gasteiger partial charge is 0.176 e. The van der Waals surface area contributed by atoms with Gasteiger partial charge in [-0.2, -0.15) is 5.26 Å². The highest BCUT2D eigenvalue weighted by atomic mass is 16.1. The minimum atomic E-state index is 0.186. The van der Waals surface area contributed by atoms with Crippen LogP contribution in [-0.4, -0.2) is 29.8 Å². The molecule has 0 spiro atoms. The molecule has 1 saturated carbocycles. The van der Waals surface area contributed by atoms with Crippen molar-refractivity contribution >= 4 is 5.78 Å².